The van der Waals surface area contributed by atoms with Crippen LogP contribution in [0, 0.1) is 5.92 Å². The maximum atomic E-state index is 12.6. The van der Waals surface area contributed by atoms with E-state index < -0.39 is 5.91 Å². The van der Waals surface area contributed by atoms with Gasteiger partial charge in [0.05, 0.1) is 30.4 Å². The van der Waals surface area contributed by atoms with Crippen LogP contribution in [-0.2, 0) is 4.79 Å². The van der Waals surface area contributed by atoms with Crippen molar-refractivity contribution in [2.24, 2.45) is 11.7 Å². The molecule has 0 bridgehead atoms. The van der Waals surface area contributed by atoms with E-state index in [-0.39, 0.29) is 5.70 Å². The van der Waals surface area contributed by atoms with Gasteiger partial charge in [0.1, 0.15) is 11.6 Å². The fourth-order valence-electron chi connectivity index (χ4n) is 3.27. The van der Waals surface area contributed by atoms with Crippen molar-refractivity contribution in [1.82, 2.24) is 20.6 Å². The number of nitrogens with zero attached hydrogens (tertiary/aromatic N) is 2. The summed E-state index contributed by atoms with van der Waals surface area (Å²) >= 11 is 0. The number of carbonyl (C=O) groups is 2. The summed E-state index contributed by atoms with van der Waals surface area (Å²) in [5, 5.41) is 8.81. The van der Waals surface area contributed by atoms with Crippen LogP contribution in [0.5, 0.6) is 5.75 Å². The van der Waals surface area contributed by atoms with E-state index in [0.29, 0.717) is 47.2 Å². The number of carbonyl (C=O) groups excluding carboxylic acids is 2. The summed E-state index contributed by atoms with van der Waals surface area (Å²) in [6, 6.07) is 6.84. The molecule has 1 fully saturated rings. The molecule has 5 N–H and O–H groups in total. The maximum Gasteiger partial charge on any atom is 0.255 e. The fourth-order valence-corrected chi connectivity index (χ4v) is 3.27. The van der Waals surface area contributed by atoms with Crippen LogP contribution < -0.4 is 26.4 Å². The Kier molecular flexibility index (Phi) is 8.33. The van der Waals surface area contributed by atoms with Crippen LogP contribution in [0.25, 0.3) is 5.57 Å². The Balaban J connectivity index is 1.62. The molecule has 1 aliphatic heterocycles. The molecule has 1 saturated heterocycles. The number of allylic oxidation sites excluding steroid dienone is 3. The Hall–Kier alpha value is -3.72. The van der Waals surface area contributed by atoms with Gasteiger partial charge in [0.25, 0.3) is 5.91 Å². The van der Waals surface area contributed by atoms with Crippen molar-refractivity contribution < 1.29 is 14.3 Å². The second kappa shape index (κ2) is 11.6. The molecule has 0 unspecified atom stereocenters. The molecule has 9 nitrogen and oxygen atoms in total. The van der Waals surface area contributed by atoms with Crippen molar-refractivity contribution >= 4 is 23.6 Å². The Labute approximate surface area is 187 Å². The average Bonchev–Trinajstić information content (AvgIpc) is 2.86. The Morgan fingerprint density at radius 2 is 2.00 bits per heavy atom. The molecular weight excluding hydrogens is 408 g/mol. The van der Waals surface area contributed by atoms with E-state index >= 15 is 0 Å². The standard InChI is InChI=1S/C23H28N6O3/c1-25-22-13-27-12-21(29-22)18(11-24)10-19(14-30)28-23(31)17-2-4-20(5-3-17)32-15-16-6-8-26-9-7-16/h2-5,10-14,16,26H,6-9,15,24H2,1H3,(H,25,29)(H,28,31)/b18-11+,19-10+. The molecule has 9 heteroatoms. The lowest BCUT2D eigenvalue weighted by Crippen LogP contribution is -2.30. The van der Waals surface area contributed by atoms with Crippen molar-refractivity contribution in [3.63, 3.8) is 0 Å². The molecule has 32 heavy (non-hydrogen) atoms. The predicted octanol–water partition coefficient (Wildman–Crippen LogP) is 1.71. The van der Waals surface area contributed by atoms with E-state index in [9.17, 15) is 9.59 Å². The van der Waals surface area contributed by atoms with E-state index in [4.69, 9.17) is 10.5 Å². The first-order valence-electron chi connectivity index (χ1n) is 10.5. The third-order valence-electron chi connectivity index (χ3n) is 5.12. The van der Waals surface area contributed by atoms with E-state index in [2.05, 4.69) is 25.9 Å². The van der Waals surface area contributed by atoms with Gasteiger partial charge in [0, 0.05) is 24.4 Å². The summed E-state index contributed by atoms with van der Waals surface area (Å²) in [7, 11) is 1.72. The third-order valence-corrected chi connectivity index (χ3v) is 5.12. The summed E-state index contributed by atoms with van der Waals surface area (Å²) in [4.78, 5) is 32.5. The third kappa shape index (κ3) is 6.39. The van der Waals surface area contributed by atoms with Gasteiger partial charge in [0.15, 0.2) is 6.29 Å². The maximum absolute atomic E-state index is 12.6. The Bertz CT molecular complexity index is 981. The summed E-state index contributed by atoms with van der Waals surface area (Å²) in [5.74, 6) is 1.39. The van der Waals surface area contributed by atoms with E-state index in [1.807, 2.05) is 0 Å². The minimum Gasteiger partial charge on any atom is -0.493 e. The minimum absolute atomic E-state index is 0.0506. The molecule has 0 saturated carbocycles. The van der Waals surface area contributed by atoms with Crippen LogP contribution in [0.15, 0.2) is 54.6 Å². The number of aromatic nitrogens is 2. The number of aldehydes is 1. The largest absolute Gasteiger partial charge is 0.493 e. The number of hydrogen-bond acceptors (Lipinski definition) is 8. The second-order valence-corrected chi connectivity index (χ2v) is 7.36. The monoisotopic (exact) mass is 436 g/mol. The molecule has 0 spiro atoms. The van der Waals surface area contributed by atoms with Crippen LogP contribution in [0.1, 0.15) is 28.9 Å². The van der Waals surface area contributed by atoms with Crippen LogP contribution in [0.4, 0.5) is 5.82 Å². The van der Waals surface area contributed by atoms with Gasteiger partial charge in [-0.05, 0) is 62.2 Å². The number of nitrogens with one attached hydrogen (secondary N) is 3. The van der Waals surface area contributed by atoms with Crippen molar-refractivity contribution in [1.29, 1.82) is 0 Å². The first kappa shape index (κ1) is 23.0. The Morgan fingerprint density at radius 1 is 1.25 bits per heavy atom. The number of rotatable bonds is 9. The quantitative estimate of drug-likeness (QED) is 0.265. The van der Waals surface area contributed by atoms with Gasteiger partial charge >= 0.3 is 0 Å². The van der Waals surface area contributed by atoms with Gasteiger partial charge in [-0.15, -0.1) is 0 Å². The molecule has 1 aliphatic rings. The average molecular weight is 437 g/mol. The number of nitrogens with two attached hydrogens (primary N) is 1. The highest BCUT2D eigenvalue weighted by molar-refractivity contribution is 5.99. The number of ether oxygens (including phenoxy) is 1. The van der Waals surface area contributed by atoms with Crippen molar-refractivity contribution in [2.75, 3.05) is 32.1 Å². The smallest absolute Gasteiger partial charge is 0.255 e. The molecule has 0 aliphatic carbocycles. The number of anilines is 1. The highest BCUT2D eigenvalue weighted by atomic mass is 16.5. The first-order chi connectivity index (χ1) is 15.6. The van der Waals surface area contributed by atoms with Gasteiger partial charge < -0.3 is 26.4 Å². The lowest BCUT2D eigenvalue weighted by atomic mass is 9.99. The first-order valence-corrected chi connectivity index (χ1v) is 10.5. The molecule has 1 amide bonds. The zero-order chi connectivity index (χ0) is 22.8. The molecule has 1 aromatic carbocycles. The lowest BCUT2D eigenvalue weighted by molar-refractivity contribution is -0.105. The zero-order valence-electron chi connectivity index (χ0n) is 18.0. The van der Waals surface area contributed by atoms with Gasteiger partial charge in [-0.2, -0.15) is 0 Å². The van der Waals surface area contributed by atoms with Gasteiger partial charge in [0.2, 0.25) is 0 Å². The fraction of sp³-hybridized carbons (Fsp3) is 0.304. The SMILES string of the molecule is CNc1cncc(C(/C=C(\C=O)NC(=O)c2ccc(OCC3CCNCC3)cc2)=C/N)n1. The predicted molar refractivity (Wildman–Crippen MR) is 123 cm³/mol. The topological polar surface area (TPSA) is 131 Å². The number of benzene rings is 1. The highest BCUT2D eigenvalue weighted by Crippen LogP contribution is 2.18. The highest BCUT2D eigenvalue weighted by Gasteiger charge is 2.14. The molecule has 0 radical (unpaired) electrons. The van der Waals surface area contributed by atoms with Crippen molar-refractivity contribution in [3.05, 3.63) is 65.9 Å². The molecular formula is C23H28N6O3. The molecule has 0 atom stereocenters. The summed E-state index contributed by atoms with van der Waals surface area (Å²) in [6.07, 6.45) is 8.58. The van der Waals surface area contributed by atoms with E-state index in [0.717, 1.165) is 25.9 Å². The van der Waals surface area contributed by atoms with Crippen LogP contribution in [-0.4, -0.2) is 48.9 Å². The normalized spacial score (nSPS) is 15.2. The van der Waals surface area contributed by atoms with Crippen molar-refractivity contribution in [3.8, 4) is 5.75 Å². The number of amides is 1. The molecule has 168 valence electrons. The van der Waals surface area contributed by atoms with Gasteiger partial charge in [-0.3, -0.25) is 14.6 Å². The molecule has 3 rings (SSSR count). The van der Waals surface area contributed by atoms with Crippen LogP contribution in [0.2, 0.25) is 0 Å². The van der Waals surface area contributed by atoms with Crippen molar-refractivity contribution in [2.45, 2.75) is 12.8 Å². The van der Waals surface area contributed by atoms with E-state index in [1.54, 1.807) is 37.5 Å². The second-order valence-electron chi connectivity index (χ2n) is 7.36. The van der Waals surface area contributed by atoms with Crippen LogP contribution >= 0.6 is 0 Å². The summed E-state index contributed by atoms with van der Waals surface area (Å²) < 4.78 is 5.85. The van der Waals surface area contributed by atoms with Gasteiger partial charge in [-0.1, -0.05) is 0 Å². The lowest BCUT2D eigenvalue weighted by Gasteiger charge is -2.22. The summed E-state index contributed by atoms with van der Waals surface area (Å²) in [5.41, 5.74) is 7.06. The Morgan fingerprint density at radius 3 is 2.66 bits per heavy atom. The minimum atomic E-state index is -0.417. The number of hydrogen-bond donors (Lipinski definition) is 4. The molecule has 1 aromatic heterocycles. The summed E-state index contributed by atoms with van der Waals surface area (Å²) in [6.45, 7) is 2.71. The van der Waals surface area contributed by atoms with E-state index in [1.165, 1.54) is 18.5 Å². The van der Waals surface area contributed by atoms with Gasteiger partial charge in [-0.25, -0.2) is 4.98 Å². The zero-order valence-corrected chi connectivity index (χ0v) is 18.0. The molecule has 2 aromatic rings. The van der Waals surface area contributed by atoms with Crippen LogP contribution in [0.3, 0.4) is 0 Å². The molecule has 2 heterocycles. The number of piperidine rings is 1.